The highest BCUT2D eigenvalue weighted by Crippen LogP contribution is 2.28. The van der Waals surface area contributed by atoms with Crippen molar-refractivity contribution >= 4 is 34.3 Å². The van der Waals surface area contributed by atoms with Crippen LogP contribution < -0.4 is 0 Å². The second-order valence-electron chi connectivity index (χ2n) is 6.51. The van der Waals surface area contributed by atoms with E-state index >= 15 is 0 Å². The van der Waals surface area contributed by atoms with Gasteiger partial charge in [-0.1, -0.05) is 72.3 Å². The summed E-state index contributed by atoms with van der Waals surface area (Å²) in [6.07, 6.45) is -0.245. The Morgan fingerprint density at radius 1 is 0.893 bits per heavy atom. The van der Waals surface area contributed by atoms with Crippen LogP contribution >= 0.6 is 11.6 Å². The molecular formula is C23H16ClNO3. The third-order valence-corrected chi connectivity index (χ3v) is 4.91. The number of fused-ring (bicyclic) bond motifs is 1. The number of halogens is 1. The van der Waals surface area contributed by atoms with E-state index in [1.54, 1.807) is 30.3 Å². The third kappa shape index (κ3) is 3.42. The topological polar surface area (TPSA) is 70.2 Å². The summed E-state index contributed by atoms with van der Waals surface area (Å²) >= 11 is 6.04. The van der Waals surface area contributed by atoms with Gasteiger partial charge in [0.15, 0.2) is 0 Å². The highest BCUT2D eigenvalue weighted by Gasteiger charge is 2.21. The van der Waals surface area contributed by atoms with Crippen LogP contribution in [0.25, 0.3) is 22.0 Å². The second-order valence-corrected chi connectivity index (χ2v) is 6.95. The number of carbonyl (C=O) groups is 2. The van der Waals surface area contributed by atoms with Crippen molar-refractivity contribution in [2.45, 2.75) is 6.42 Å². The van der Waals surface area contributed by atoms with E-state index in [1.807, 2.05) is 42.5 Å². The minimum absolute atomic E-state index is 0.245. The Labute approximate surface area is 166 Å². The summed E-state index contributed by atoms with van der Waals surface area (Å²) in [5.41, 5.74) is 3.96. The van der Waals surface area contributed by atoms with Crippen LogP contribution in [0.1, 0.15) is 21.6 Å². The van der Waals surface area contributed by atoms with E-state index in [4.69, 9.17) is 11.6 Å². The van der Waals surface area contributed by atoms with E-state index < -0.39 is 5.97 Å². The summed E-state index contributed by atoms with van der Waals surface area (Å²) < 4.78 is 0. The number of hydrogen-bond donors (Lipinski definition) is 2. The van der Waals surface area contributed by atoms with Gasteiger partial charge in [-0.05, 0) is 23.3 Å². The molecule has 138 valence electrons. The zero-order valence-corrected chi connectivity index (χ0v) is 15.5. The molecule has 0 saturated heterocycles. The predicted octanol–water partition coefficient (Wildman–Crippen LogP) is 5.35. The van der Waals surface area contributed by atoms with Gasteiger partial charge in [-0.3, -0.25) is 9.59 Å². The van der Waals surface area contributed by atoms with E-state index in [2.05, 4.69) is 4.98 Å². The van der Waals surface area contributed by atoms with E-state index in [9.17, 15) is 14.7 Å². The van der Waals surface area contributed by atoms with Gasteiger partial charge in [0.05, 0.1) is 12.1 Å². The molecule has 0 spiro atoms. The first kappa shape index (κ1) is 18.0. The molecule has 0 bridgehead atoms. The summed E-state index contributed by atoms with van der Waals surface area (Å²) in [5.74, 6) is -1.24. The lowest BCUT2D eigenvalue weighted by molar-refractivity contribution is -0.136. The third-order valence-electron chi connectivity index (χ3n) is 4.68. The fraction of sp³-hybridized carbons (Fsp3) is 0.0435. The number of carbonyl (C=O) groups excluding carboxylic acids is 1. The molecule has 0 unspecified atom stereocenters. The lowest BCUT2D eigenvalue weighted by Gasteiger charge is -2.05. The van der Waals surface area contributed by atoms with Crippen molar-refractivity contribution in [1.82, 2.24) is 4.98 Å². The summed E-state index contributed by atoms with van der Waals surface area (Å²) in [6.45, 7) is 0. The zero-order chi connectivity index (χ0) is 19.7. The van der Waals surface area contributed by atoms with Crippen molar-refractivity contribution in [2.75, 3.05) is 0 Å². The van der Waals surface area contributed by atoms with Crippen molar-refractivity contribution in [1.29, 1.82) is 0 Å². The van der Waals surface area contributed by atoms with Crippen molar-refractivity contribution < 1.29 is 14.7 Å². The van der Waals surface area contributed by atoms with Crippen LogP contribution in [-0.2, 0) is 11.2 Å². The molecule has 0 fully saturated rings. The number of rotatable bonds is 5. The molecule has 28 heavy (non-hydrogen) atoms. The monoisotopic (exact) mass is 389 g/mol. The molecule has 0 radical (unpaired) electrons. The Hall–Kier alpha value is -3.37. The Morgan fingerprint density at radius 3 is 2.25 bits per heavy atom. The molecule has 3 aromatic carbocycles. The highest BCUT2D eigenvalue weighted by molar-refractivity contribution is 6.31. The van der Waals surface area contributed by atoms with Crippen molar-refractivity contribution in [2.24, 2.45) is 0 Å². The van der Waals surface area contributed by atoms with Crippen molar-refractivity contribution in [3.63, 3.8) is 0 Å². The number of carboxylic acid groups (broad SMARTS) is 1. The fourth-order valence-corrected chi connectivity index (χ4v) is 3.52. The van der Waals surface area contributed by atoms with E-state index in [0.717, 1.165) is 11.1 Å². The van der Waals surface area contributed by atoms with Crippen molar-refractivity contribution in [3.05, 3.63) is 94.6 Å². The number of H-pyrrole nitrogens is 1. The Morgan fingerprint density at radius 2 is 1.57 bits per heavy atom. The molecule has 1 heterocycles. The molecule has 0 aliphatic rings. The number of hydrogen-bond acceptors (Lipinski definition) is 2. The van der Waals surface area contributed by atoms with Crippen LogP contribution in [0.15, 0.2) is 72.8 Å². The molecule has 0 aliphatic heterocycles. The summed E-state index contributed by atoms with van der Waals surface area (Å²) in [4.78, 5) is 27.5. The minimum atomic E-state index is -0.996. The van der Waals surface area contributed by atoms with Crippen molar-refractivity contribution in [3.8, 4) is 11.1 Å². The number of nitrogens with one attached hydrogen (secondary N) is 1. The lowest BCUT2D eigenvalue weighted by atomic mass is 9.99. The molecule has 0 amide bonds. The fourth-order valence-electron chi connectivity index (χ4n) is 3.35. The van der Waals surface area contributed by atoms with Gasteiger partial charge < -0.3 is 10.1 Å². The first-order valence-electron chi connectivity index (χ1n) is 8.75. The zero-order valence-electron chi connectivity index (χ0n) is 14.8. The van der Waals surface area contributed by atoms with E-state index in [1.165, 1.54) is 0 Å². The number of carboxylic acids is 1. The standard InChI is InChI=1S/C23H16ClNO3/c24-17-10-11-18-19(13-21(26)27)22(25-20(18)12-17)23(28)16-8-6-15(7-9-16)14-4-2-1-3-5-14/h1-12,25H,13H2,(H,26,27). The van der Waals surface area contributed by atoms with Gasteiger partial charge in [0, 0.05) is 27.1 Å². The van der Waals surface area contributed by atoms with Crippen LogP contribution in [0, 0.1) is 0 Å². The molecule has 2 N–H and O–H groups in total. The predicted molar refractivity (Wildman–Crippen MR) is 110 cm³/mol. The molecule has 0 saturated carbocycles. The Bertz CT molecular complexity index is 1180. The highest BCUT2D eigenvalue weighted by atomic mass is 35.5. The maximum Gasteiger partial charge on any atom is 0.307 e. The van der Waals surface area contributed by atoms with Gasteiger partial charge in [0.2, 0.25) is 5.78 Å². The average molecular weight is 390 g/mol. The van der Waals surface area contributed by atoms with Crippen LogP contribution in [0.3, 0.4) is 0 Å². The second kappa shape index (κ2) is 7.33. The molecule has 4 rings (SSSR count). The van der Waals surface area contributed by atoms with Crippen LogP contribution in [0.4, 0.5) is 0 Å². The molecule has 5 heteroatoms. The first-order chi connectivity index (χ1) is 13.5. The van der Waals surface area contributed by atoms with Gasteiger partial charge in [-0.15, -0.1) is 0 Å². The lowest BCUT2D eigenvalue weighted by Crippen LogP contribution is -2.08. The van der Waals surface area contributed by atoms with Crippen LogP contribution in [0.5, 0.6) is 0 Å². The Balaban J connectivity index is 1.75. The van der Waals surface area contributed by atoms with Crippen LogP contribution in [0.2, 0.25) is 5.02 Å². The number of ketones is 1. The molecule has 4 nitrogen and oxygen atoms in total. The maximum atomic E-state index is 13.1. The number of aromatic nitrogens is 1. The van der Waals surface area contributed by atoms with Crippen LogP contribution in [-0.4, -0.2) is 21.8 Å². The Kier molecular flexibility index (Phi) is 4.72. The smallest absolute Gasteiger partial charge is 0.307 e. The number of benzene rings is 3. The first-order valence-corrected chi connectivity index (χ1v) is 9.13. The van der Waals surface area contributed by atoms with E-state index in [0.29, 0.717) is 27.1 Å². The van der Waals surface area contributed by atoms with Gasteiger partial charge in [-0.2, -0.15) is 0 Å². The minimum Gasteiger partial charge on any atom is -0.481 e. The largest absolute Gasteiger partial charge is 0.481 e. The number of aromatic amines is 1. The average Bonchev–Trinajstić information content (AvgIpc) is 3.05. The molecule has 0 aliphatic carbocycles. The maximum absolute atomic E-state index is 13.1. The van der Waals surface area contributed by atoms with E-state index in [-0.39, 0.29) is 17.9 Å². The van der Waals surface area contributed by atoms with Gasteiger partial charge in [0.25, 0.3) is 0 Å². The molecular weight excluding hydrogens is 374 g/mol. The SMILES string of the molecule is O=C(O)Cc1c(C(=O)c2ccc(-c3ccccc3)cc2)[nH]c2cc(Cl)ccc12. The summed E-state index contributed by atoms with van der Waals surface area (Å²) in [6, 6.07) is 22.3. The quantitative estimate of drug-likeness (QED) is 0.452. The molecule has 0 atom stereocenters. The molecule has 1 aromatic heterocycles. The summed E-state index contributed by atoms with van der Waals surface area (Å²) in [7, 11) is 0. The van der Waals surface area contributed by atoms with Gasteiger partial charge in [-0.25, -0.2) is 0 Å². The number of aliphatic carboxylic acids is 1. The van der Waals surface area contributed by atoms with Gasteiger partial charge >= 0.3 is 5.97 Å². The normalized spacial score (nSPS) is 10.9. The molecule has 4 aromatic rings. The van der Waals surface area contributed by atoms with Gasteiger partial charge in [0.1, 0.15) is 0 Å². The summed E-state index contributed by atoms with van der Waals surface area (Å²) in [5, 5.41) is 10.5.